The van der Waals surface area contributed by atoms with E-state index in [0.717, 1.165) is 0 Å². The van der Waals surface area contributed by atoms with E-state index in [4.69, 9.17) is 5.11 Å². The number of ether oxygens (including phenoxy) is 1. The molecule has 8 heteroatoms. The number of aliphatic hydroxyl groups excluding tert-OH is 1. The Morgan fingerprint density at radius 1 is 1.44 bits per heavy atom. The molecule has 0 radical (unpaired) electrons. The second-order valence-electron chi connectivity index (χ2n) is 3.29. The van der Waals surface area contributed by atoms with E-state index in [2.05, 4.69) is 9.46 Å². The molecule has 0 aliphatic heterocycles. The molecule has 0 fully saturated rings. The van der Waals surface area contributed by atoms with Gasteiger partial charge in [0.15, 0.2) is 0 Å². The van der Waals surface area contributed by atoms with E-state index in [9.17, 15) is 13.2 Å². The van der Waals surface area contributed by atoms with Gasteiger partial charge in [0.1, 0.15) is 0 Å². The van der Waals surface area contributed by atoms with Crippen LogP contribution in [0.4, 0.5) is 10.5 Å². The van der Waals surface area contributed by atoms with E-state index in [-0.39, 0.29) is 18.9 Å². The van der Waals surface area contributed by atoms with E-state index < -0.39 is 16.3 Å². The molecule has 0 spiro atoms. The molecule has 0 unspecified atom stereocenters. The van der Waals surface area contributed by atoms with Crippen LogP contribution in [-0.2, 0) is 21.6 Å². The molecule has 0 aliphatic rings. The first-order valence-electron chi connectivity index (χ1n) is 5.14. The Balaban J connectivity index is 2.73. The number of carbonyl (C=O) groups is 1. The molecule has 0 saturated carbocycles. The van der Waals surface area contributed by atoms with Crippen molar-refractivity contribution in [2.45, 2.75) is 13.5 Å². The van der Waals surface area contributed by atoms with Crippen LogP contribution in [0.25, 0.3) is 0 Å². The predicted octanol–water partition coefficient (Wildman–Crippen LogP) is 0.582. The molecule has 0 aliphatic carbocycles. The minimum Gasteiger partial charge on any atom is -0.449 e. The Morgan fingerprint density at radius 3 is 2.78 bits per heavy atom. The molecule has 7 nitrogen and oxygen atoms in total. The molecule has 0 bridgehead atoms. The lowest BCUT2D eigenvalue weighted by Gasteiger charge is -2.09. The summed E-state index contributed by atoms with van der Waals surface area (Å²) in [6.45, 7) is 1.42. The standard InChI is InChI=1S/C10H14N2O5S/c1-2-17-10(14)12-18(15,16)11-9-5-3-4-8(6-9)7-13/h3-6,11,13H,2,7H2,1H3,(H,12,14). The molecular formula is C10H14N2O5S. The number of rotatable bonds is 5. The van der Waals surface area contributed by atoms with Crippen molar-refractivity contribution < 1.29 is 23.1 Å². The van der Waals surface area contributed by atoms with Gasteiger partial charge in [-0.05, 0) is 24.6 Å². The molecule has 0 atom stereocenters. The van der Waals surface area contributed by atoms with Gasteiger partial charge in [0.05, 0.1) is 18.9 Å². The van der Waals surface area contributed by atoms with Crippen LogP contribution >= 0.6 is 0 Å². The van der Waals surface area contributed by atoms with Gasteiger partial charge in [0, 0.05) is 0 Å². The first-order valence-corrected chi connectivity index (χ1v) is 6.62. The molecule has 0 aromatic heterocycles. The third-order valence-electron chi connectivity index (χ3n) is 1.85. The highest BCUT2D eigenvalue weighted by atomic mass is 32.2. The molecule has 1 aromatic rings. The van der Waals surface area contributed by atoms with Crippen LogP contribution in [0, 0.1) is 0 Å². The molecule has 3 N–H and O–H groups in total. The number of carbonyl (C=O) groups excluding carboxylic acids is 1. The molecule has 1 aromatic carbocycles. The summed E-state index contributed by atoms with van der Waals surface area (Å²) in [5, 5.41) is 8.91. The molecule has 18 heavy (non-hydrogen) atoms. The van der Waals surface area contributed by atoms with E-state index in [0.29, 0.717) is 5.56 Å². The SMILES string of the molecule is CCOC(=O)NS(=O)(=O)Nc1cccc(CO)c1. The quantitative estimate of drug-likeness (QED) is 0.728. The van der Waals surface area contributed by atoms with Crippen molar-refractivity contribution in [2.75, 3.05) is 11.3 Å². The van der Waals surface area contributed by atoms with Crippen LogP contribution in [0.5, 0.6) is 0 Å². The first kappa shape index (κ1) is 14.3. The summed E-state index contributed by atoms with van der Waals surface area (Å²) < 4.78 is 31.3. The number of aliphatic hydroxyl groups is 1. The van der Waals surface area contributed by atoms with Crippen LogP contribution in [0.3, 0.4) is 0 Å². The Kier molecular flexibility index (Phi) is 4.93. The summed E-state index contributed by atoms with van der Waals surface area (Å²) in [6, 6.07) is 6.15. The zero-order valence-corrected chi connectivity index (χ0v) is 10.5. The van der Waals surface area contributed by atoms with Crippen LogP contribution in [0.2, 0.25) is 0 Å². The third kappa shape index (κ3) is 4.60. The van der Waals surface area contributed by atoms with Gasteiger partial charge in [-0.15, -0.1) is 0 Å². The maximum absolute atomic E-state index is 11.5. The van der Waals surface area contributed by atoms with Crippen molar-refractivity contribution in [1.82, 2.24) is 4.72 Å². The van der Waals surface area contributed by atoms with Crippen molar-refractivity contribution in [1.29, 1.82) is 0 Å². The number of amides is 1. The van der Waals surface area contributed by atoms with E-state index >= 15 is 0 Å². The maximum Gasteiger partial charge on any atom is 0.422 e. The Morgan fingerprint density at radius 2 is 2.17 bits per heavy atom. The molecule has 100 valence electrons. The Labute approximate surface area is 105 Å². The number of benzene rings is 1. The third-order valence-corrected chi connectivity index (χ3v) is 2.79. The first-order chi connectivity index (χ1) is 8.46. The van der Waals surface area contributed by atoms with Gasteiger partial charge in [-0.1, -0.05) is 12.1 Å². The van der Waals surface area contributed by atoms with Gasteiger partial charge in [-0.25, -0.2) is 9.52 Å². The lowest BCUT2D eigenvalue weighted by molar-refractivity contribution is 0.159. The lowest BCUT2D eigenvalue weighted by Crippen LogP contribution is -2.35. The van der Waals surface area contributed by atoms with Gasteiger partial charge in [-0.2, -0.15) is 8.42 Å². The number of hydrogen-bond donors (Lipinski definition) is 3. The van der Waals surface area contributed by atoms with Crippen LogP contribution in [-0.4, -0.2) is 26.2 Å². The van der Waals surface area contributed by atoms with Gasteiger partial charge in [0.25, 0.3) is 0 Å². The number of hydrogen-bond acceptors (Lipinski definition) is 5. The van der Waals surface area contributed by atoms with E-state index in [1.165, 1.54) is 12.1 Å². The Hall–Kier alpha value is -1.80. The maximum atomic E-state index is 11.5. The fraction of sp³-hybridized carbons (Fsp3) is 0.300. The summed E-state index contributed by atoms with van der Waals surface area (Å²) >= 11 is 0. The van der Waals surface area contributed by atoms with Crippen molar-refractivity contribution in [3.05, 3.63) is 29.8 Å². The highest BCUT2D eigenvalue weighted by Crippen LogP contribution is 2.11. The predicted molar refractivity (Wildman–Crippen MR) is 65.1 cm³/mol. The van der Waals surface area contributed by atoms with Gasteiger partial charge in [-0.3, -0.25) is 4.72 Å². The molecule has 1 amide bonds. The van der Waals surface area contributed by atoms with Crippen LogP contribution in [0.1, 0.15) is 12.5 Å². The van der Waals surface area contributed by atoms with E-state index in [1.54, 1.807) is 23.8 Å². The molecule has 0 saturated heterocycles. The largest absolute Gasteiger partial charge is 0.449 e. The normalized spacial score (nSPS) is 10.8. The average molecular weight is 274 g/mol. The van der Waals surface area contributed by atoms with Gasteiger partial charge in [0.2, 0.25) is 0 Å². The van der Waals surface area contributed by atoms with Gasteiger partial charge < -0.3 is 9.84 Å². The topological polar surface area (TPSA) is 105 Å². The smallest absolute Gasteiger partial charge is 0.422 e. The monoisotopic (exact) mass is 274 g/mol. The minimum absolute atomic E-state index is 0.0708. The summed E-state index contributed by atoms with van der Waals surface area (Å²) in [5.74, 6) is 0. The summed E-state index contributed by atoms with van der Waals surface area (Å²) in [7, 11) is -4.04. The lowest BCUT2D eigenvalue weighted by atomic mass is 10.2. The second-order valence-corrected chi connectivity index (χ2v) is 4.70. The average Bonchev–Trinajstić information content (AvgIpc) is 2.28. The van der Waals surface area contributed by atoms with Crippen molar-refractivity contribution in [2.24, 2.45) is 0 Å². The van der Waals surface area contributed by atoms with Gasteiger partial charge >= 0.3 is 16.3 Å². The second kappa shape index (κ2) is 6.22. The highest BCUT2D eigenvalue weighted by molar-refractivity contribution is 7.91. The van der Waals surface area contributed by atoms with Crippen LogP contribution in [0.15, 0.2) is 24.3 Å². The number of anilines is 1. The number of nitrogens with one attached hydrogen (secondary N) is 2. The van der Waals surface area contributed by atoms with Crippen molar-refractivity contribution >= 4 is 22.0 Å². The molecule has 0 heterocycles. The summed E-state index contributed by atoms with van der Waals surface area (Å²) in [4.78, 5) is 11.0. The summed E-state index contributed by atoms with van der Waals surface area (Å²) in [5.41, 5.74) is 0.782. The van der Waals surface area contributed by atoms with Crippen LogP contribution < -0.4 is 9.44 Å². The highest BCUT2D eigenvalue weighted by Gasteiger charge is 2.14. The van der Waals surface area contributed by atoms with Crippen molar-refractivity contribution in [3.63, 3.8) is 0 Å². The van der Waals surface area contributed by atoms with Crippen molar-refractivity contribution in [3.8, 4) is 0 Å². The minimum atomic E-state index is -4.04. The molecule has 1 rings (SSSR count). The molecular weight excluding hydrogens is 260 g/mol. The zero-order valence-electron chi connectivity index (χ0n) is 9.71. The fourth-order valence-corrected chi connectivity index (χ4v) is 1.95. The summed E-state index contributed by atoms with van der Waals surface area (Å²) in [6.07, 6.45) is -1.05. The Bertz CT molecular complexity index is 515. The zero-order chi connectivity index (χ0) is 13.6. The fourth-order valence-electron chi connectivity index (χ4n) is 1.18. The van der Waals surface area contributed by atoms with E-state index in [1.807, 2.05) is 0 Å².